The Kier molecular flexibility index (Phi) is 3.70. The fourth-order valence-electron chi connectivity index (χ4n) is 1.88. The first-order valence-corrected chi connectivity index (χ1v) is 6.27. The minimum absolute atomic E-state index is 0.344. The Morgan fingerprint density at radius 2 is 1.95 bits per heavy atom. The molecule has 0 bridgehead atoms. The molecule has 0 aliphatic carbocycles. The van der Waals surface area contributed by atoms with Crippen molar-refractivity contribution in [3.8, 4) is 0 Å². The van der Waals surface area contributed by atoms with Gasteiger partial charge in [0.1, 0.15) is 0 Å². The first-order valence-electron chi connectivity index (χ1n) is 6.27. The molecule has 1 aromatic heterocycles. The second-order valence-electron chi connectivity index (χ2n) is 4.77. The van der Waals surface area contributed by atoms with E-state index in [0.29, 0.717) is 11.3 Å². The molecule has 0 radical (unpaired) electrons. The van der Waals surface area contributed by atoms with E-state index in [2.05, 4.69) is 4.98 Å². The first-order chi connectivity index (χ1) is 9.38. The second kappa shape index (κ2) is 5.28. The van der Waals surface area contributed by atoms with Crippen LogP contribution in [0, 0.1) is 13.8 Å². The van der Waals surface area contributed by atoms with Crippen LogP contribution in [0.25, 0.3) is 10.9 Å². The number of hydrogen-bond donors (Lipinski definition) is 1. The Bertz CT molecular complexity index is 695. The number of primary amides is 1. The number of nitrogens with zero attached hydrogens (tertiary/aromatic N) is 1. The zero-order valence-electron chi connectivity index (χ0n) is 11.6. The summed E-state index contributed by atoms with van der Waals surface area (Å²) in [6, 6.07) is 7.53. The van der Waals surface area contributed by atoms with E-state index in [1.54, 1.807) is 13.0 Å². The van der Waals surface area contributed by atoms with Crippen LogP contribution in [0.2, 0.25) is 0 Å². The van der Waals surface area contributed by atoms with Crippen molar-refractivity contribution in [3.63, 3.8) is 0 Å². The average Bonchev–Trinajstić information content (AvgIpc) is 2.38. The van der Waals surface area contributed by atoms with Crippen molar-refractivity contribution in [1.82, 2.24) is 4.98 Å². The van der Waals surface area contributed by atoms with Gasteiger partial charge in [-0.05, 0) is 39.0 Å². The maximum absolute atomic E-state index is 12.0. The molecule has 0 aliphatic rings. The quantitative estimate of drug-likeness (QED) is 0.865. The summed E-state index contributed by atoms with van der Waals surface area (Å²) in [5, 5.41) is 0.856. The molecule has 104 valence electrons. The van der Waals surface area contributed by atoms with Gasteiger partial charge >= 0.3 is 5.97 Å². The van der Waals surface area contributed by atoms with Gasteiger partial charge in [-0.3, -0.25) is 9.78 Å². The summed E-state index contributed by atoms with van der Waals surface area (Å²) in [6.07, 6.45) is -0.963. The van der Waals surface area contributed by atoms with E-state index >= 15 is 0 Å². The maximum Gasteiger partial charge on any atom is 0.340 e. The highest BCUT2D eigenvalue weighted by molar-refractivity contribution is 5.96. The van der Waals surface area contributed by atoms with Crippen LogP contribution in [0.5, 0.6) is 0 Å². The monoisotopic (exact) mass is 272 g/mol. The SMILES string of the molecule is Cc1ccc2nc(C)c(C(=O)O[C@@H](C)C(N)=O)cc2c1. The van der Waals surface area contributed by atoms with Crippen molar-refractivity contribution in [2.45, 2.75) is 26.9 Å². The van der Waals surface area contributed by atoms with Crippen LogP contribution < -0.4 is 5.73 Å². The predicted molar refractivity (Wildman–Crippen MR) is 75.3 cm³/mol. The highest BCUT2D eigenvalue weighted by atomic mass is 16.5. The molecule has 0 fully saturated rings. The van der Waals surface area contributed by atoms with Gasteiger partial charge in [0.2, 0.25) is 0 Å². The van der Waals surface area contributed by atoms with Gasteiger partial charge in [-0.25, -0.2) is 4.79 Å². The largest absolute Gasteiger partial charge is 0.449 e. The molecule has 0 aliphatic heterocycles. The van der Waals surface area contributed by atoms with Crippen molar-refractivity contribution in [2.24, 2.45) is 5.73 Å². The van der Waals surface area contributed by atoms with E-state index in [1.165, 1.54) is 6.92 Å². The summed E-state index contributed by atoms with van der Waals surface area (Å²) < 4.78 is 5.00. The highest BCUT2D eigenvalue weighted by Gasteiger charge is 2.18. The van der Waals surface area contributed by atoms with Gasteiger partial charge in [0.25, 0.3) is 5.91 Å². The summed E-state index contributed by atoms with van der Waals surface area (Å²) in [4.78, 5) is 27.3. The van der Waals surface area contributed by atoms with Gasteiger partial charge < -0.3 is 10.5 Å². The molecule has 1 atom stereocenters. The van der Waals surface area contributed by atoms with Crippen LogP contribution in [0.3, 0.4) is 0 Å². The highest BCUT2D eigenvalue weighted by Crippen LogP contribution is 2.19. The minimum atomic E-state index is -0.963. The van der Waals surface area contributed by atoms with Crippen LogP contribution in [-0.2, 0) is 9.53 Å². The molecule has 1 aromatic carbocycles. The summed E-state index contributed by atoms with van der Waals surface area (Å²) in [5.74, 6) is -1.27. The number of amides is 1. The Hall–Kier alpha value is -2.43. The van der Waals surface area contributed by atoms with E-state index in [1.807, 2.05) is 25.1 Å². The molecular formula is C15H16N2O3. The summed E-state index contributed by atoms with van der Waals surface area (Å²) >= 11 is 0. The van der Waals surface area contributed by atoms with Crippen molar-refractivity contribution in [3.05, 3.63) is 41.1 Å². The summed E-state index contributed by atoms with van der Waals surface area (Å²) in [5.41, 5.74) is 7.87. The molecule has 0 spiro atoms. The molecule has 0 unspecified atom stereocenters. The molecule has 1 heterocycles. The van der Waals surface area contributed by atoms with Gasteiger partial charge in [0, 0.05) is 5.39 Å². The smallest absolute Gasteiger partial charge is 0.340 e. The fourth-order valence-corrected chi connectivity index (χ4v) is 1.88. The molecular weight excluding hydrogens is 256 g/mol. The van der Waals surface area contributed by atoms with Crippen molar-refractivity contribution < 1.29 is 14.3 Å². The lowest BCUT2D eigenvalue weighted by Crippen LogP contribution is -2.30. The number of pyridine rings is 1. The lowest BCUT2D eigenvalue weighted by molar-refractivity contribution is -0.125. The topological polar surface area (TPSA) is 82.3 Å². The van der Waals surface area contributed by atoms with Crippen molar-refractivity contribution in [2.75, 3.05) is 0 Å². The maximum atomic E-state index is 12.0. The van der Waals surface area contributed by atoms with Crippen molar-refractivity contribution >= 4 is 22.8 Å². The number of benzene rings is 1. The number of aromatic nitrogens is 1. The van der Waals surface area contributed by atoms with Crippen molar-refractivity contribution in [1.29, 1.82) is 0 Å². The number of carbonyl (C=O) groups is 2. The van der Waals surface area contributed by atoms with Crippen LogP contribution in [0.1, 0.15) is 28.5 Å². The minimum Gasteiger partial charge on any atom is -0.449 e. The number of rotatable bonds is 3. The number of ether oxygens (including phenoxy) is 1. The molecule has 5 heteroatoms. The van der Waals surface area contributed by atoms with E-state index < -0.39 is 18.0 Å². The molecule has 0 saturated carbocycles. The number of hydrogen-bond acceptors (Lipinski definition) is 4. The zero-order chi connectivity index (χ0) is 14.9. The van der Waals surface area contributed by atoms with Gasteiger partial charge in [0.05, 0.1) is 16.8 Å². The lowest BCUT2D eigenvalue weighted by Gasteiger charge is -2.11. The predicted octanol–water partition coefficient (Wildman–Crippen LogP) is 1.88. The van der Waals surface area contributed by atoms with Crippen LogP contribution in [0.15, 0.2) is 24.3 Å². The Morgan fingerprint density at radius 1 is 1.25 bits per heavy atom. The van der Waals surface area contributed by atoms with Gasteiger partial charge in [-0.1, -0.05) is 11.6 Å². The average molecular weight is 272 g/mol. The lowest BCUT2D eigenvalue weighted by atomic mass is 10.1. The first kappa shape index (κ1) is 14.0. The van der Waals surface area contributed by atoms with Gasteiger partial charge in [-0.2, -0.15) is 0 Å². The normalized spacial score (nSPS) is 12.2. The standard InChI is InChI=1S/C15H16N2O3/c1-8-4-5-13-11(6-8)7-12(9(2)17-13)15(19)20-10(3)14(16)18/h4-7,10H,1-3H3,(H2,16,18)/t10-/m0/s1. The molecule has 20 heavy (non-hydrogen) atoms. The Labute approximate surface area is 116 Å². The van der Waals surface area contributed by atoms with E-state index in [9.17, 15) is 9.59 Å². The molecule has 5 nitrogen and oxygen atoms in total. The van der Waals surface area contributed by atoms with Crippen LogP contribution in [0.4, 0.5) is 0 Å². The van der Waals surface area contributed by atoms with Crippen LogP contribution in [-0.4, -0.2) is 23.0 Å². The molecule has 0 saturated heterocycles. The third-order valence-electron chi connectivity index (χ3n) is 3.07. The fraction of sp³-hybridized carbons (Fsp3) is 0.267. The van der Waals surface area contributed by atoms with Gasteiger partial charge in [-0.15, -0.1) is 0 Å². The number of aryl methyl sites for hydroxylation is 2. The number of esters is 1. The van der Waals surface area contributed by atoms with Gasteiger partial charge in [0.15, 0.2) is 6.10 Å². The summed E-state index contributed by atoms with van der Waals surface area (Å²) in [6.45, 7) is 5.13. The second-order valence-corrected chi connectivity index (χ2v) is 4.77. The van der Waals surface area contributed by atoms with E-state index in [4.69, 9.17) is 10.5 Å². The summed E-state index contributed by atoms with van der Waals surface area (Å²) in [7, 11) is 0. The molecule has 1 amide bonds. The number of nitrogens with two attached hydrogens (primary N) is 1. The van der Waals surface area contributed by atoms with Crippen LogP contribution >= 0.6 is 0 Å². The van der Waals surface area contributed by atoms with E-state index in [-0.39, 0.29) is 0 Å². The zero-order valence-corrected chi connectivity index (χ0v) is 11.6. The number of fused-ring (bicyclic) bond motifs is 1. The molecule has 2 rings (SSSR count). The van der Waals surface area contributed by atoms with E-state index in [0.717, 1.165) is 16.5 Å². The third kappa shape index (κ3) is 2.77. The number of carbonyl (C=O) groups excluding carboxylic acids is 2. The third-order valence-corrected chi connectivity index (χ3v) is 3.07. The Morgan fingerprint density at radius 3 is 2.60 bits per heavy atom. The molecule has 2 N–H and O–H groups in total. The molecule has 2 aromatic rings. The Balaban J connectivity index is 2.40.